The van der Waals surface area contributed by atoms with Crippen LogP contribution < -0.4 is 9.64 Å². The number of hydrogen-bond donors (Lipinski definition) is 2. The molecular formula is C17H17NO5. The largest absolute Gasteiger partial charge is 0.504 e. The Kier molecular flexibility index (Phi) is 4.85. The summed E-state index contributed by atoms with van der Waals surface area (Å²) in [4.78, 5) is 25.3. The number of nitrogens with zero attached hydrogens (tertiary/aromatic N) is 1. The van der Waals surface area contributed by atoms with Gasteiger partial charge in [-0.05, 0) is 31.2 Å². The molecule has 0 heterocycles. The predicted molar refractivity (Wildman–Crippen MR) is 85.0 cm³/mol. The number of anilines is 1. The van der Waals surface area contributed by atoms with Crippen molar-refractivity contribution in [2.75, 3.05) is 12.0 Å². The van der Waals surface area contributed by atoms with Gasteiger partial charge in [0.25, 0.3) is 5.91 Å². The van der Waals surface area contributed by atoms with E-state index < -0.39 is 17.9 Å². The maximum atomic E-state index is 12.7. The molecule has 0 fully saturated rings. The lowest BCUT2D eigenvalue weighted by molar-refractivity contribution is -0.138. The zero-order chi connectivity index (χ0) is 17.0. The van der Waals surface area contributed by atoms with Gasteiger partial charge in [0.05, 0.1) is 7.11 Å². The van der Waals surface area contributed by atoms with Crippen molar-refractivity contribution < 1.29 is 24.5 Å². The summed E-state index contributed by atoms with van der Waals surface area (Å²) < 4.78 is 5.03. The van der Waals surface area contributed by atoms with Gasteiger partial charge >= 0.3 is 5.97 Å². The zero-order valence-corrected chi connectivity index (χ0v) is 12.8. The number of ether oxygens (including phenoxy) is 1. The highest BCUT2D eigenvalue weighted by atomic mass is 16.5. The third-order valence-corrected chi connectivity index (χ3v) is 3.43. The van der Waals surface area contributed by atoms with Crippen molar-refractivity contribution in [1.82, 2.24) is 0 Å². The Morgan fingerprint density at radius 3 is 2.35 bits per heavy atom. The van der Waals surface area contributed by atoms with Crippen molar-refractivity contribution in [2.45, 2.75) is 13.0 Å². The number of phenols is 1. The van der Waals surface area contributed by atoms with Crippen molar-refractivity contribution in [3.63, 3.8) is 0 Å². The molecule has 0 aliphatic carbocycles. The second-order valence-electron chi connectivity index (χ2n) is 4.91. The highest BCUT2D eigenvalue weighted by molar-refractivity contribution is 6.09. The Morgan fingerprint density at radius 2 is 1.78 bits per heavy atom. The fourth-order valence-corrected chi connectivity index (χ4v) is 2.16. The predicted octanol–water partition coefficient (Wildman–Crippen LogP) is 2.52. The van der Waals surface area contributed by atoms with E-state index in [1.807, 2.05) is 0 Å². The molecule has 2 aromatic carbocycles. The van der Waals surface area contributed by atoms with Gasteiger partial charge < -0.3 is 14.9 Å². The monoisotopic (exact) mass is 315 g/mol. The van der Waals surface area contributed by atoms with Crippen LogP contribution in [0.4, 0.5) is 5.69 Å². The lowest BCUT2D eigenvalue weighted by Gasteiger charge is -2.27. The van der Waals surface area contributed by atoms with Gasteiger partial charge in [-0.1, -0.05) is 18.2 Å². The summed E-state index contributed by atoms with van der Waals surface area (Å²) in [5, 5.41) is 19.0. The second kappa shape index (κ2) is 6.83. The van der Waals surface area contributed by atoms with Crippen molar-refractivity contribution >= 4 is 17.6 Å². The third-order valence-electron chi connectivity index (χ3n) is 3.43. The summed E-state index contributed by atoms with van der Waals surface area (Å²) in [6, 6.07) is 11.6. The van der Waals surface area contributed by atoms with Gasteiger partial charge in [0.15, 0.2) is 11.5 Å². The molecule has 0 aliphatic heterocycles. The Balaban J connectivity index is 2.51. The highest BCUT2D eigenvalue weighted by Gasteiger charge is 2.28. The van der Waals surface area contributed by atoms with Gasteiger partial charge in [0.1, 0.15) is 6.04 Å². The first-order chi connectivity index (χ1) is 11.0. The number of carbonyl (C=O) groups is 2. The van der Waals surface area contributed by atoms with Crippen LogP contribution in [-0.2, 0) is 4.79 Å². The van der Waals surface area contributed by atoms with Crippen LogP contribution in [0.1, 0.15) is 17.3 Å². The van der Waals surface area contributed by atoms with E-state index in [9.17, 15) is 19.8 Å². The van der Waals surface area contributed by atoms with E-state index in [2.05, 4.69) is 0 Å². The van der Waals surface area contributed by atoms with Crippen LogP contribution in [0.3, 0.4) is 0 Å². The first-order valence-electron chi connectivity index (χ1n) is 6.94. The molecule has 0 saturated carbocycles. The van der Waals surface area contributed by atoms with E-state index in [4.69, 9.17) is 4.74 Å². The minimum atomic E-state index is -1.14. The Hall–Kier alpha value is -3.02. The fraction of sp³-hybridized carbons (Fsp3) is 0.176. The van der Waals surface area contributed by atoms with Gasteiger partial charge in [0.2, 0.25) is 0 Å². The zero-order valence-electron chi connectivity index (χ0n) is 12.8. The number of amides is 1. The Labute approximate surface area is 133 Å². The number of aromatic hydroxyl groups is 1. The third kappa shape index (κ3) is 3.42. The minimum Gasteiger partial charge on any atom is -0.504 e. The molecule has 0 aromatic heterocycles. The average Bonchev–Trinajstić information content (AvgIpc) is 2.56. The first-order valence-corrected chi connectivity index (χ1v) is 6.94. The standard InChI is InChI=1S/C17H17NO5/c1-11(17(21)22)18(16(20)12-6-4-3-5-7-12)13-8-9-14(19)15(10-13)23-2/h3-11,19H,1-2H3,(H,21,22)/t11-/m0/s1. The maximum absolute atomic E-state index is 12.7. The number of carboxylic acids is 1. The normalized spacial score (nSPS) is 11.6. The fourth-order valence-electron chi connectivity index (χ4n) is 2.16. The van der Waals surface area contributed by atoms with E-state index in [0.717, 1.165) is 4.90 Å². The molecule has 23 heavy (non-hydrogen) atoms. The number of carboxylic acid groups (broad SMARTS) is 1. The van der Waals surface area contributed by atoms with Crippen molar-refractivity contribution in [1.29, 1.82) is 0 Å². The molecule has 0 bridgehead atoms. The summed E-state index contributed by atoms with van der Waals surface area (Å²) in [5.74, 6) is -1.52. The van der Waals surface area contributed by atoms with Crippen LogP contribution >= 0.6 is 0 Å². The average molecular weight is 315 g/mol. The summed E-state index contributed by atoms with van der Waals surface area (Å²) in [6.07, 6.45) is 0. The van der Waals surface area contributed by atoms with Crippen LogP contribution in [0.15, 0.2) is 48.5 Å². The van der Waals surface area contributed by atoms with Crippen LogP contribution in [0.2, 0.25) is 0 Å². The molecule has 6 nitrogen and oxygen atoms in total. The smallest absolute Gasteiger partial charge is 0.326 e. The number of rotatable bonds is 5. The first kappa shape index (κ1) is 16.4. The number of methoxy groups -OCH3 is 1. The molecule has 0 aliphatic rings. The second-order valence-corrected chi connectivity index (χ2v) is 4.91. The summed E-state index contributed by atoms with van der Waals surface area (Å²) in [6.45, 7) is 1.42. The van der Waals surface area contributed by atoms with Gasteiger partial charge in [-0.15, -0.1) is 0 Å². The molecule has 2 aromatic rings. The molecule has 1 amide bonds. The SMILES string of the molecule is COc1cc(N(C(=O)c2ccccc2)[C@@H](C)C(=O)O)ccc1O. The van der Waals surface area contributed by atoms with Crippen LogP contribution in [0.5, 0.6) is 11.5 Å². The summed E-state index contributed by atoms with van der Waals surface area (Å²) in [7, 11) is 1.38. The lowest BCUT2D eigenvalue weighted by Crippen LogP contribution is -2.43. The molecule has 2 N–H and O–H groups in total. The van der Waals surface area contributed by atoms with Crippen molar-refractivity contribution in [2.24, 2.45) is 0 Å². The molecule has 0 spiro atoms. The molecule has 0 radical (unpaired) electrons. The molecule has 0 unspecified atom stereocenters. The minimum absolute atomic E-state index is 0.0914. The van der Waals surface area contributed by atoms with E-state index in [-0.39, 0.29) is 11.5 Å². The van der Waals surface area contributed by atoms with Gasteiger partial charge in [-0.2, -0.15) is 0 Å². The molecule has 0 saturated heterocycles. The molecule has 1 atom stereocenters. The van der Waals surface area contributed by atoms with Crippen molar-refractivity contribution in [3.05, 3.63) is 54.1 Å². The Morgan fingerprint density at radius 1 is 1.13 bits per heavy atom. The molecule has 2 rings (SSSR count). The number of aliphatic carboxylic acids is 1. The van der Waals surface area contributed by atoms with Crippen LogP contribution in [-0.4, -0.2) is 35.2 Å². The lowest BCUT2D eigenvalue weighted by atomic mass is 10.1. The van der Waals surface area contributed by atoms with Crippen LogP contribution in [0, 0.1) is 0 Å². The number of phenolic OH excluding ortho intramolecular Hbond substituents is 1. The van der Waals surface area contributed by atoms with E-state index >= 15 is 0 Å². The molecular weight excluding hydrogens is 298 g/mol. The maximum Gasteiger partial charge on any atom is 0.326 e. The highest BCUT2D eigenvalue weighted by Crippen LogP contribution is 2.32. The topological polar surface area (TPSA) is 87.1 Å². The molecule has 6 heteroatoms. The van der Waals surface area contributed by atoms with E-state index in [0.29, 0.717) is 11.3 Å². The van der Waals surface area contributed by atoms with E-state index in [1.165, 1.54) is 32.2 Å². The van der Waals surface area contributed by atoms with Crippen LogP contribution in [0.25, 0.3) is 0 Å². The van der Waals surface area contributed by atoms with Gasteiger partial charge in [-0.25, -0.2) is 4.79 Å². The summed E-state index contributed by atoms with van der Waals surface area (Å²) >= 11 is 0. The van der Waals surface area contributed by atoms with E-state index in [1.54, 1.807) is 30.3 Å². The van der Waals surface area contributed by atoms with Gasteiger partial charge in [-0.3, -0.25) is 9.69 Å². The molecule has 120 valence electrons. The number of carbonyl (C=O) groups excluding carboxylic acids is 1. The quantitative estimate of drug-likeness (QED) is 0.885. The number of benzene rings is 2. The number of hydrogen-bond acceptors (Lipinski definition) is 4. The van der Waals surface area contributed by atoms with Crippen molar-refractivity contribution in [3.8, 4) is 11.5 Å². The Bertz CT molecular complexity index is 714. The summed E-state index contributed by atoms with van der Waals surface area (Å²) in [5.41, 5.74) is 0.691. The van der Waals surface area contributed by atoms with Gasteiger partial charge in [0, 0.05) is 17.3 Å².